The van der Waals surface area contributed by atoms with Crippen LogP contribution in [0.15, 0.2) is 0 Å². The number of aliphatic hydroxyl groups excluding tert-OH is 1. The van der Waals surface area contributed by atoms with E-state index in [1.165, 1.54) is 12.8 Å². The van der Waals surface area contributed by atoms with Crippen LogP contribution in [0.5, 0.6) is 0 Å². The largest absolute Gasteiger partial charge is 0.394 e. The molecule has 2 atom stereocenters. The van der Waals surface area contributed by atoms with Gasteiger partial charge in [0.2, 0.25) is 0 Å². The van der Waals surface area contributed by atoms with Crippen molar-refractivity contribution in [2.45, 2.75) is 36.5 Å². The summed E-state index contributed by atoms with van der Waals surface area (Å²) < 4.78 is 5.05. The normalized spacial score (nSPS) is 31.8. The number of thioether (sulfide) groups is 1. The molecule has 0 bridgehead atoms. The van der Waals surface area contributed by atoms with Crippen molar-refractivity contribution >= 4 is 11.8 Å². The lowest BCUT2D eigenvalue weighted by Gasteiger charge is -2.39. The molecule has 90 valence electrons. The lowest BCUT2D eigenvalue weighted by molar-refractivity contribution is 0.131. The summed E-state index contributed by atoms with van der Waals surface area (Å²) in [6, 6.07) is 0. The van der Waals surface area contributed by atoms with Gasteiger partial charge in [-0.15, -0.1) is 0 Å². The predicted molar refractivity (Wildman–Crippen MR) is 65.5 cm³/mol. The quantitative estimate of drug-likeness (QED) is 0.678. The Hall–Kier alpha value is 0.230. The van der Waals surface area contributed by atoms with Crippen LogP contribution in [-0.4, -0.2) is 49.0 Å². The fourth-order valence-corrected chi connectivity index (χ4v) is 3.56. The summed E-state index contributed by atoms with van der Waals surface area (Å²) in [6.45, 7) is 1.08. The number of likely N-dealkylation sites (N-methyl/N-ethyl adjacent to an activating group) is 1. The second kappa shape index (κ2) is 6.74. The Labute approximate surface area is 97.0 Å². The van der Waals surface area contributed by atoms with Gasteiger partial charge in [-0.3, -0.25) is 0 Å². The Morgan fingerprint density at radius 3 is 3.00 bits per heavy atom. The van der Waals surface area contributed by atoms with Crippen LogP contribution in [0.25, 0.3) is 0 Å². The fourth-order valence-electron chi connectivity index (χ4n) is 2.20. The molecular formula is C11H23NO2S. The number of rotatable bonds is 6. The van der Waals surface area contributed by atoms with Gasteiger partial charge < -0.3 is 15.2 Å². The first-order valence-corrected chi connectivity index (χ1v) is 6.71. The van der Waals surface area contributed by atoms with Gasteiger partial charge in [0.25, 0.3) is 0 Å². The van der Waals surface area contributed by atoms with Gasteiger partial charge in [0, 0.05) is 23.7 Å². The first kappa shape index (κ1) is 13.3. The molecule has 0 spiro atoms. The van der Waals surface area contributed by atoms with E-state index in [0.29, 0.717) is 5.25 Å². The van der Waals surface area contributed by atoms with Gasteiger partial charge >= 0.3 is 0 Å². The molecule has 2 unspecified atom stereocenters. The van der Waals surface area contributed by atoms with E-state index in [-0.39, 0.29) is 12.1 Å². The van der Waals surface area contributed by atoms with Gasteiger partial charge in [0.1, 0.15) is 0 Å². The highest BCUT2D eigenvalue weighted by atomic mass is 32.2. The van der Waals surface area contributed by atoms with Gasteiger partial charge in [-0.25, -0.2) is 0 Å². The Morgan fingerprint density at radius 2 is 2.40 bits per heavy atom. The molecule has 4 heteroatoms. The van der Waals surface area contributed by atoms with E-state index in [2.05, 4.69) is 5.32 Å². The summed E-state index contributed by atoms with van der Waals surface area (Å²) in [5.41, 5.74) is -0.0248. The van der Waals surface area contributed by atoms with Crippen LogP contribution < -0.4 is 5.32 Å². The minimum Gasteiger partial charge on any atom is -0.394 e. The highest BCUT2D eigenvalue weighted by Crippen LogP contribution is 2.34. The zero-order valence-corrected chi connectivity index (χ0v) is 10.6. The zero-order valence-electron chi connectivity index (χ0n) is 9.79. The van der Waals surface area contributed by atoms with Crippen molar-refractivity contribution in [3.8, 4) is 0 Å². The molecule has 0 aromatic rings. The maximum atomic E-state index is 9.43. The number of nitrogens with one attached hydrogen (secondary N) is 1. The maximum Gasteiger partial charge on any atom is 0.0613 e. The molecule has 15 heavy (non-hydrogen) atoms. The Morgan fingerprint density at radius 1 is 1.60 bits per heavy atom. The minimum absolute atomic E-state index is 0.0248. The maximum absolute atomic E-state index is 9.43. The SMILES string of the molecule is CNC1(CO)CCCC(SCCOC)C1. The van der Waals surface area contributed by atoms with E-state index in [9.17, 15) is 5.11 Å². The lowest BCUT2D eigenvalue weighted by Crippen LogP contribution is -2.50. The summed E-state index contributed by atoms with van der Waals surface area (Å²) >= 11 is 1.98. The van der Waals surface area contributed by atoms with Crippen molar-refractivity contribution in [2.24, 2.45) is 0 Å². The Bertz CT molecular complexity index is 174. The number of methoxy groups -OCH3 is 1. The monoisotopic (exact) mass is 233 g/mol. The van der Waals surface area contributed by atoms with Gasteiger partial charge in [0.05, 0.1) is 13.2 Å². The number of ether oxygens (including phenoxy) is 1. The first-order chi connectivity index (χ1) is 7.26. The predicted octanol–water partition coefficient (Wildman–Crippen LogP) is 1.26. The van der Waals surface area contributed by atoms with Crippen LogP contribution in [0.4, 0.5) is 0 Å². The molecule has 1 fully saturated rings. The molecule has 3 nitrogen and oxygen atoms in total. The van der Waals surface area contributed by atoms with E-state index in [1.807, 2.05) is 18.8 Å². The Kier molecular flexibility index (Phi) is 5.97. The molecule has 1 aliphatic carbocycles. The summed E-state index contributed by atoms with van der Waals surface area (Å²) in [6.07, 6.45) is 4.67. The average molecular weight is 233 g/mol. The number of hydrogen-bond donors (Lipinski definition) is 2. The highest BCUT2D eigenvalue weighted by molar-refractivity contribution is 7.99. The van der Waals surface area contributed by atoms with Crippen molar-refractivity contribution in [3.63, 3.8) is 0 Å². The van der Waals surface area contributed by atoms with Crippen LogP contribution in [-0.2, 0) is 4.74 Å². The van der Waals surface area contributed by atoms with E-state index >= 15 is 0 Å². The molecule has 0 amide bonds. The molecule has 0 saturated heterocycles. The molecule has 0 aromatic carbocycles. The first-order valence-electron chi connectivity index (χ1n) is 5.66. The molecule has 0 radical (unpaired) electrons. The van der Waals surface area contributed by atoms with Gasteiger partial charge in [-0.05, 0) is 26.3 Å². The van der Waals surface area contributed by atoms with Gasteiger partial charge in [-0.2, -0.15) is 11.8 Å². The van der Waals surface area contributed by atoms with Crippen molar-refractivity contribution in [1.82, 2.24) is 5.32 Å². The third kappa shape index (κ3) is 3.94. The average Bonchev–Trinajstić information content (AvgIpc) is 2.30. The van der Waals surface area contributed by atoms with Crippen LogP contribution >= 0.6 is 11.8 Å². The minimum atomic E-state index is -0.0248. The van der Waals surface area contributed by atoms with Crippen LogP contribution in [0.1, 0.15) is 25.7 Å². The zero-order chi connectivity index (χ0) is 11.1. The Balaban J connectivity index is 2.34. The number of aliphatic hydroxyl groups is 1. The lowest BCUT2D eigenvalue weighted by atomic mass is 9.82. The number of hydrogen-bond acceptors (Lipinski definition) is 4. The third-order valence-corrected chi connectivity index (χ3v) is 4.55. The van der Waals surface area contributed by atoms with Gasteiger partial charge in [0.15, 0.2) is 0 Å². The van der Waals surface area contributed by atoms with Crippen LogP contribution in [0.3, 0.4) is 0 Å². The topological polar surface area (TPSA) is 41.5 Å². The second-order valence-corrected chi connectivity index (χ2v) is 5.68. The standard InChI is InChI=1S/C11H23NO2S/c1-12-11(9-13)5-3-4-10(8-11)15-7-6-14-2/h10,12-13H,3-9H2,1-2H3. The molecule has 2 N–H and O–H groups in total. The molecule has 0 heterocycles. The molecule has 0 aromatic heterocycles. The summed E-state index contributed by atoms with van der Waals surface area (Å²) in [5.74, 6) is 1.06. The molecular weight excluding hydrogens is 210 g/mol. The molecule has 0 aliphatic heterocycles. The third-order valence-electron chi connectivity index (χ3n) is 3.27. The van der Waals surface area contributed by atoms with Crippen LogP contribution in [0, 0.1) is 0 Å². The molecule has 1 aliphatic rings. The van der Waals surface area contributed by atoms with Crippen molar-refractivity contribution < 1.29 is 9.84 Å². The molecule has 1 rings (SSSR count). The second-order valence-electron chi connectivity index (χ2n) is 4.27. The smallest absolute Gasteiger partial charge is 0.0613 e. The fraction of sp³-hybridized carbons (Fsp3) is 1.00. The van der Waals surface area contributed by atoms with E-state index in [4.69, 9.17) is 4.74 Å². The van der Waals surface area contributed by atoms with Crippen LogP contribution in [0.2, 0.25) is 0 Å². The van der Waals surface area contributed by atoms with Crippen molar-refractivity contribution in [3.05, 3.63) is 0 Å². The summed E-state index contributed by atoms with van der Waals surface area (Å²) in [7, 11) is 3.70. The van der Waals surface area contributed by atoms with E-state index in [1.54, 1.807) is 7.11 Å². The van der Waals surface area contributed by atoms with E-state index in [0.717, 1.165) is 25.2 Å². The van der Waals surface area contributed by atoms with Crippen molar-refractivity contribution in [1.29, 1.82) is 0 Å². The molecule has 1 saturated carbocycles. The summed E-state index contributed by atoms with van der Waals surface area (Å²) in [5, 5.41) is 13.4. The van der Waals surface area contributed by atoms with Crippen molar-refractivity contribution in [2.75, 3.05) is 33.1 Å². The highest BCUT2D eigenvalue weighted by Gasteiger charge is 2.34. The summed E-state index contributed by atoms with van der Waals surface area (Å²) in [4.78, 5) is 0. The van der Waals surface area contributed by atoms with Gasteiger partial charge in [-0.1, -0.05) is 6.42 Å². The van der Waals surface area contributed by atoms with E-state index < -0.39 is 0 Å².